The lowest BCUT2D eigenvalue weighted by Crippen LogP contribution is -2.46. The van der Waals surface area contributed by atoms with Gasteiger partial charge in [0.05, 0.1) is 24.0 Å². The van der Waals surface area contributed by atoms with Gasteiger partial charge in [-0.2, -0.15) is 8.42 Å². The summed E-state index contributed by atoms with van der Waals surface area (Å²) in [4.78, 5) is 11.3. The van der Waals surface area contributed by atoms with Crippen molar-refractivity contribution in [2.45, 2.75) is 43.2 Å². The molecule has 1 aromatic rings. The summed E-state index contributed by atoms with van der Waals surface area (Å²) in [5.74, 6) is -0.432. The molecule has 2 N–H and O–H groups in total. The SMILES string of the molecule is COC(=O)COc1cccc2c1OC1(N)CCC(OS(=O)(=O)C3=CCC(F)C=C3)C21. The Morgan fingerprint density at radius 1 is 1.40 bits per heavy atom. The minimum absolute atomic E-state index is 0.0177. The molecule has 2 aliphatic carbocycles. The molecule has 1 aromatic carbocycles. The Balaban J connectivity index is 1.58. The van der Waals surface area contributed by atoms with Crippen molar-refractivity contribution in [2.75, 3.05) is 13.7 Å². The highest BCUT2D eigenvalue weighted by atomic mass is 32.2. The van der Waals surface area contributed by atoms with E-state index in [0.29, 0.717) is 29.9 Å². The molecule has 0 aromatic heterocycles. The fourth-order valence-corrected chi connectivity index (χ4v) is 5.24. The van der Waals surface area contributed by atoms with Gasteiger partial charge >= 0.3 is 5.97 Å². The van der Waals surface area contributed by atoms with Crippen LogP contribution in [0.3, 0.4) is 0 Å². The van der Waals surface area contributed by atoms with Gasteiger partial charge in [-0.15, -0.1) is 0 Å². The number of para-hydroxylation sites is 1. The highest BCUT2D eigenvalue weighted by Gasteiger charge is 2.56. The Morgan fingerprint density at radius 3 is 2.90 bits per heavy atom. The number of allylic oxidation sites excluding steroid dienone is 3. The largest absolute Gasteiger partial charge is 0.478 e. The van der Waals surface area contributed by atoms with Crippen LogP contribution < -0.4 is 15.2 Å². The average Bonchev–Trinajstić information content (AvgIpc) is 3.18. The highest BCUT2D eigenvalue weighted by Crippen LogP contribution is 2.55. The van der Waals surface area contributed by atoms with E-state index in [2.05, 4.69) is 4.74 Å². The first-order chi connectivity index (χ1) is 14.2. The van der Waals surface area contributed by atoms with Gasteiger partial charge in [0.2, 0.25) is 0 Å². The maximum atomic E-state index is 13.3. The number of ether oxygens (including phenoxy) is 3. The number of carbonyl (C=O) groups excluding carboxylic acids is 1. The number of nitrogens with two attached hydrogens (primary N) is 1. The van der Waals surface area contributed by atoms with Gasteiger partial charge in [-0.3, -0.25) is 9.92 Å². The molecule has 4 atom stereocenters. The molecule has 4 rings (SSSR count). The van der Waals surface area contributed by atoms with Gasteiger partial charge in [-0.25, -0.2) is 9.18 Å². The smallest absolute Gasteiger partial charge is 0.343 e. The van der Waals surface area contributed by atoms with Gasteiger partial charge in [0.25, 0.3) is 10.1 Å². The number of rotatable bonds is 6. The van der Waals surface area contributed by atoms with E-state index in [-0.39, 0.29) is 17.9 Å². The maximum absolute atomic E-state index is 13.3. The third-order valence-electron chi connectivity index (χ3n) is 5.48. The van der Waals surface area contributed by atoms with Gasteiger partial charge in [-0.1, -0.05) is 18.2 Å². The van der Waals surface area contributed by atoms with E-state index in [9.17, 15) is 17.6 Å². The molecule has 1 saturated carbocycles. The van der Waals surface area contributed by atoms with Crippen molar-refractivity contribution < 1.29 is 36.0 Å². The van der Waals surface area contributed by atoms with Gasteiger partial charge in [0.15, 0.2) is 23.8 Å². The zero-order chi connectivity index (χ0) is 21.5. The molecular weight excluding hydrogens is 417 g/mol. The van der Waals surface area contributed by atoms with Crippen molar-refractivity contribution in [1.29, 1.82) is 0 Å². The molecule has 1 aliphatic heterocycles. The fourth-order valence-electron chi connectivity index (χ4n) is 4.05. The fraction of sp³-hybridized carbons (Fsp3) is 0.450. The molecule has 0 saturated heterocycles. The van der Waals surface area contributed by atoms with Crippen molar-refractivity contribution in [3.05, 3.63) is 46.9 Å². The van der Waals surface area contributed by atoms with Crippen LogP contribution in [0.1, 0.15) is 30.7 Å². The topological polar surface area (TPSA) is 114 Å². The summed E-state index contributed by atoms with van der Waals surface area (Å²) in [5, 5.41) is 0. The Morgan fingerprint density at radius 2 is 2.20 bits per heavy atom. The number of benzene rings is 1. The first-order valence-electron chi connectivity index (χ1n) is 9.49. The van der Waals surface area contributed by atoms with E-state index < -0.39 is 40.0 Å². The van der Waals surface area contributed by atoms with Crippen LogP contribution in [0.5, 0.6) is 11.5 Å². The minimum atomic E-state index is -4.09. The monoisotopic (exact) mass is 439 g/mol. The Kier molecular flexibility index (Phi) is 5.33. The Hall–Kier alpha value is -2.43. The van der Waals surface area contributed by atoms with Crippen LogP contribution in [-0.4, -0.2) is 46.1 Å². The van der Waals surface area contributed by atoms with Crippen molar-refractivity contribution in [3.63, 3.8) is 0 Å². The van der Waals surface area contributed by atoms with E-state index in [0.717, 1.165) is 0 Å². The summed E-state index contributed by atoms with van der Waals surface area (Å²) in [6.07, 6.45) is 2.47. The molecule has 1 heterocycles. The zero-order valence-electron chi connectivity index (χ0n) is 16.2. The quantitative estimate of drug-likeness (QED) is 0.529. The standard InChI is InChI=1S/C20H22FNO7S/c1-26-17(23)11-27-16-4-2-3-14-18-15(9-10-20(18,22)28-19(14)16)29-30(24,25)13-7-5-12(21)6-8-13/h2-5,7-8,12,15,18H,6,9-11,22H2,1H3. The number of esters is 1. The molecule has 0 amide bonds. The number of methoxy groups -OCH3 is 1. The number of fused-ring (bicyclic) bond motifs is 3. The first-order valence-corrected chi connectivity index (χ1v) is 10.9. The van der Waals surface area contributed by atoms with E-state index in [1.807, 2.05) is 0 Å². The number of halogens is 1. The Labute approximate surface area is 173 Å². The molecule has 10 heteroatoms. The summed E-state index contributed by atoms with van der Waals surface area (Å²) in [6.45, 7) is -0.303. The first kappa shape index (κ1) is 20.8. The van der Waals surface area contributed by atoms with E-state index in [1.165, 1.54) is 25.3 Å². The Bertz CT molecular complexity index is 1020. The van der Waals surface area contributed by atoms with E-state index in [1.54, 1.807) is 18.2 Å². The third kappa shape index (κ3) is 3.70. The zero-order valence-corrected chi connectivity index (χ0v) is 17.1. The predicted molar refractivity (Wildman–Crippen MR) is 104 cm³/mol. The van der Waals surface area contributed by atoms with Gasteiger partial charge in [-0.05, 0) is 24.6 Å². The minimum Gasteiger partial charge on any atom is -0.478 e. The van der Waals surface area contributed by atoms with Crippen LogP contribution >= 0.6 is 0 Å². The van der Waals surface area contributed by atoms with Crippen LogP contribution in [0.25, 0.3) is 0 Å². The number of alkyl halides is 1. The number of hydrogen-bond donors (Lipinski definition) is 1. The summed E-state index contributed by atoms with van der Waals surface area (Å²) in [6, 6.07) is 5.10. The van der Waals surface area contributed by atoms with Crippen LogP contribution in [0.15, 0.2) is 41.3 Å². The van der Waals surface area contributed by atoms with Gasteiger partial charge < -0.3 is 14.2 Å². The van der Waals surface area contributed by atoms with Crippen molar-refractivity contribution in [1.82, 2.24) is 0 Å². The third-order valence-corrected chi connectivity index (χ3v) is 6.86. The molecule has 162 valence electrons. The molecular formula is C20H22FNO7S. The van der Waals surface area contributed by atoms with E-state index >= 15 is 0 Å². The summed E-state index contributed by atoms with van der Waals surface area (Å²) < 4.78 is 60.2. The number of carbonyl (C=O) groups is 1. The lowest BCUT2D eigenvalue weighted by molar-refractivity contribution is -0.142. The lowest BCUT2D eigenvalue weighted by Gasteiger charge is -2.25. The average molecular weight is 439 g/mol. The van der Waals surface area contributed by atoms with Crippen molar-refractivity contribution in [3.8, 4) is 11.5 Å². The summed E-state index contributed by atoms with van der Waals surface area (Å²) in [7, 11) is -2.84. The lowest BCUT2D eigenvalue weighted by atomic mass is 9.92. The number of hydrogen-bond acceptors (Lipinski definition) is 8. The summed E-state index contributed by atoms with van der Waals surface area (Å²) >= 11 is 0. The molecule has 8 nitrogen and oxygen atoms in total. The normalized spacial score (nSPS) is 29.6. The second kappa shape index (κ2) is 7.68. The molecule has 1 fully saturated rings. The molecule has 4 unspecified atom stereocenters. The molecule has 30 heavy (non-hydrogen) atoms. The highest BCUT2D eigenvalue weighted by molar-refractivity contribution is 7.90. The van der Waals surface area contributed by atoms with Crippen LogP contribution in [0.4, 0.5) is 4.39 Å². The maximum Gasteiger partial charge on any atom is 0.343 e. The predicted octanol–water partition coefficient (Wildman–Crippen LogP) is 2.06. The van der Waals surface area contributed by atoms with E-state index in [4.69, 9.17) is 19.4 Å². The van der Waals surface area contributed by atoms with Gasteiger partial charge in [0.1, 0.15) is 6.17 Å². The van der Waals surface area contributed by atoms with Gasteiger partial charge in [0, 0.05) is 18.4 Å². The van der Waals surface area contributed by atoms with Crippen molar-refractivity contribution >= 4 is 16.1 Å². The second-order valence-electron chi connectivity index (χ2n) is 7.42. The molecule has 0 spiro atoms. The van der Waals surface area contributed by atoms with Crippen LogP contribution in [-0.2, 0) is 23.8 Å². The molecule has 0 bridgehead atoms. The summed E-state index contributed by atoms with van der Waals surface area (Å²) in [5.41, 5.74) is 5.94. The van der Waals surface area contributed by atoms with Crippen molar-refractivity contribution in [2.24, 2.45) is 5.73 Å². The van der Waals surface area contributed by atoms with Crippen LogP contribution in [0.2, 0.25) is 0 Å². The molecule has 0 radical (unpaired) electrons. The second-order valence-corrected chi connectivity index (χ2v) is 8.99. The van der Waals surface area contributed by atoms with Crippen LogP contribution in [0, 0.1) is 0 Å². The molecule has 3 aliphatic rings.